The number of hydrogen-bond donors (Lipinski definition) is 2. The van der Waals surface area contributed by atoms with Gasteiger partial charge in [-0.05, 0) is 13.8 Å². The molecule has 2 N–H and O–H groups in total. The molecule has 1 atom stereocenters. The van der Waals surface area contributed by atoms with Crippen molar-refractivity contribution in [3.05, 3.63) is 0 Å². The van der Waals surface area contributed by atoms with Gasteiger partial charge in [-0.1, -0.05) is 0 Å². The molecule has 0 bridgehead atoms. The molecule has 0 spiro atoms. The largest absolute Gasteiger partial charge is 0.481 e. The lowest BCUT2D eigenvalue weighted by atomic mass is 10.4. The molecule has 0 aromatic heterocycles. The Morgan fingerprint density at radius 1 is 1.53 bits per heavy atom. The van der Waals surface area contributed by atoms with Crippen LogP contribution >= 0.6 is 0 Å². The summed E-state index contributed by atoms with van der Waals surface area (Å²) in [4.78, 5) is 10.2. The Morgan fingerprint density at radius 3 is 2.60 bits per heavy atom. The van der Waals surface area contributed by atoms with Crippen LogP contribution in [0.25, 0.3) is 0 Å². The minimum atomic E-state index is -3.50. The van der Waals surface area contributed by atoms with Gasteiger partial charge in [-0.2, -0.15) is 0 Å². The number of carboxylic acid groups (broad SMARTS) is 1. The number of nitrogens with one attached hydrogen (secondary N) is 1. The zero-order valence-corrected chi connectivity index (χ0v) is 9.71. The van der Waals surface area contributed by atoms with E-state index >= 15 is 0 Å². The van der Waals surface area contributed by atoms with E-state index in [1.165, 1.54) is 0 Å². The molecule has 1 unspecified atom stereocenters. The predicted octanol–water partition coefficient (Wildman–Crippen LogP) is -0.194. The molecule has 0 fully saturated rings. The SMILES string of the molecule is CCOC(C)CNS(=O)(=O)CCC(=O)O. The van der Waals surface area contributed by atoms with E-state index in [0.29, 0.717) is 6.61 Å². The molecule has 0 aromatic rings. The van der Waals surface area contributed by atoms with E-state index in [1.807, 2.05) is 6.92 Å². The predicted molar refractivity (Wildman–Crippen MR) is 55.1 cm³/mol. The first kappa shape index (κ1) is 14.3. The summed E-state index contributed by atoms with van der Waals surface area (Å²) in [5, 5.41) is 8.32. The van der Waals surface area contributed by atoms with Gasteiger partial charge in [0, 0.05) is 13.2 Å². The summed E-state index contributed by atoms with van der Waals surface area (Å²) in [6, 6.07) is 0. The molecule has 0 aromatic carbocycles. The van der Waals surface area contributed by atoms with Crippen molar-refractivity contribution in [2.24, 2.45) is 0 Å². The van der Waals surface area contributed by atoms with E-state index in [4.69, 9.17) is 9.84 Å². The highest BCUT2D eigenvalue weighted by molar-refractivity contribution is 7.89. The van der Waals surface area contributed by atoms with Crippen LogP contribution in [0.1, 0.15) is 20.3 Å². The lowest BCUT2D eigenvalue weighted by molar-refractivity contribution is -0.136. The van der Waals surface area contributed by atoms with Crippen LogP contribution in [0.2, 0.25) is 0 Å². The Bertz CT molecular complexity index is 287. The van der Waals surface area contributed by atoms with E-state index in [-0.39, 0.29) is 12.6 Å². The molecule has 7 heteroatoms. The van der Waals surface area contributed by atoms with Crippen LogP contribution in [0, 0.1) is 0 Å². The van der Waals surface area contributed by atoms with Crippen LogP contribution in [-0.4, -0.2) is 44.5 Å². The van der Waals surface area contributed by atoms with Crippen molar-refractivity contribution in [3.8, 4) is 0 Å². The Morgan fingerprint density at radius 2 is 2.13 bits per heavy atom. The van der Waals surface area contributed by atoms with Crippen LogP contribution in [-0.2, 0) is 19.6 Å². The minimum Gasteiger partial charge on any atom is -0.481 e. The van der Waals surface area contributed by atoms with Crippen molar-refractivity contribution in [1.82, 2.24) is 4.72 Å². The quantitative estimate of drug-likeness (QED) is 0.612. The summed E-state index contributed by atoms with van der Waals surface area (Å²) in [6.45, 7) is 4.23. The van der Waals surface area contributed by atoms with Crippen molar-refractivity contribution >= 4 is 16.0 Å². The highest BCUT2D eigenvalue weighted by Crippen LogP contribution is 1.93. The van der Waals surface area contributed by atoms with E-state index in [1.54, 1.807) is 6.92 Å². The van der Waals surface area contributed by atoms with Crippen molar-refractivity contribution in [2.75, 3.05) is 18.9 Å². The summed E-state index contributed by atoms with van der Waals surface area (Å²) < 4.78 is 29.8. The molecule has 0 saturated carbocycles. The second kappa shape index (κ2) is 6.76. The van der Waals surface area contributed by atoms with Gasteiger partial charge in [0.05, 0.1) is 18.3 Å². The Balaban J connectivity index is 3.88. The summed E-state index contributed by atoms with van der Waals surface area (Å²) in [6.07, 6.45) is -0.604. The fourth-order valence-corrected chi connectivity index (χ4v) is 1.96. The van der Waals surface area contributed by atoms with Crippen molar-refractivity contribution < 1.29 is 23.1 Å². The van der Waals surface area contributed by atoms with Gasteiger partial charge in [-0.15, -0.1) is 0 Å². The van der Waals surface area contributed by atoms with Crippen LogP contribution < -0.4 is 4.72 Å². The normalized spacial score (nSPS) is 13.7. The molecule has 0 aliphatic rings. The average molecular weight is 239 g/mol. The number of carboxylic acids is 1. The fraction of sp³-hybridized carbons (Fsp3) is 0.875. The first-order valence-corrected chi connectivity index (χ1v) is 6.33. The van der Waals surface area contributed by atoms with E-state index in [2.05, 4.69) is 4.72 Å². The maximum Gasteiger partial charge on any atom is 0.304 e. The van der Waals surface area contributed by atoms with Gasteiger partial charge >= 0.3 is 5.97 Å². The summed E-state index contributed by atoms with van der Waals surface area (Å²) in [7, 11) is -3.50. The van der Waals surface area contributed by atoms with Crippen LogP contribution in [0.4, 0.5) is 0 Å². The van der Waals surface area contributed by atoms with Crippen LogP contribution in [0.15, 0.2) is 0 Å². The minimum absolute atomic E-state index is 0.162. The van der Waals surface area contributed by atoms with Crippen molar-refractivity contribution in [3.63, 3.8) is 0 Å². The third kappa shape index (κ3) is 8.34. The van der Waals surface area contributed by atoms with Gasteiger partial charge in [0.15, 0.2) is 0 Å². The highest BCUT2D eigenvalue weighted by Gasteiger charge is 2.13. The van der Waals surface area contributed by atoms with Gasteiger partial charge in [0.1, 0.15) is 0 Å². The maximum atomic E-state index is 11.2. The summed E-state index contributed by atoms with van der Waals surface area (Å²) in [5.41, 5.74) is 0. The molecule has 0 rings (SSSR count). The second-order valence-electron chi connectivity index (χ2n) is 3.08. The number of rotatable bonds is 8. The first-order chi connectivity index (χ1) is 6.87. The number of ether oxygens (including phenoxy) is 1. The van der Waals surface area contributed by atoms with E-state index in [0.717, 1.165) is 0 Å². The molecular formula is C8H17NO5S. The molecule has 0 aliphatic heterocycles. The Hall–Kier alpha value is -0.660. The molecular weight excluding hydrogens is 222 g/mol. The lowest BCUT2D eigenvalue weighted by Gasteiger charge is -2.12. The zero-order valence-electron chi connectivity index (χ0n) is 8.89. The summed E-state index contributed by atoms with van der Waals surface area (Å²) >= 11 is 0. The Labute approximate surface area is 89.7 Å². The molecule has 6 nitrogen and oxygen atoms in total. The number of aliphatic carboxylic acids is 1. The van der Waals surface area contributed by atoms with Gasteiger partial charge in [0.25, 0.3) is 0 Å². The Kier molecular flexibility index (Phi) is 6.46. The van der Waals surface area contributed by atoms with E-state index in [9.17, 15) is 13.2 Å². The summed E-state index contributed by atoms with van der Waals surface area (Å²) in [5.74, 6) is -1.53. The molecule has 90 valence electrons. The third-order valence-corrected chi connectivity index (χ3v) is 2.97. The zero-order chi connectivity index (χ0) is 11.9. The molecule has 0 heterocycles. The van der Waals surface area contributed by atoms with Crippen molar-refractivity contribution in [1.29, 1.82) is 0 Å². The van der Waals surface area contributed by atoms with Crippen LogP contribution in [0.5, 0.6) is 0 Å². The van der Waals surface area contributed by atoms with Crippen LogP contribution in [0.3, 0.4) is 0 Å². The van der Waals surface area contributed by atoms with Gasteiger partial charge in [0.2, 0.25) is 10.0 Å². The smallest absolute Gasteiger partial charge is 0.304 e. The fourth-order valence-electron chi connectivity index (χ4n) is 0.882. The van der Waals surface area contributed by atoms with Gasteiger partial charge in [-0.25, -0.2) is 13.1 Å². The highest BCUT2D eigenvalue weighted by atomic mass is 32.2. The first-order valence-electron chi connectivity index (χ1n) is 4.68. The molecule has 0 radical (unpaired) electrons. The molecule has 15 heavy (non-hydrogen) atoms. The molecule has 0 saturated heterocycles. The standard InChI is InChI=1S/C8H17NO5S/c1-3-14-7(2)6-9-15(12,13)5-4-8(10)11/h7,9H,3-6H2,1-2H3,(H,10,11). The maximum absolute atomic E-state index is 11.2. The van der Waals surface area contributed by atoms with E-state index < -0.39 is 28.2 Å². The van der Waals surface area contributed by atoms with Gasteiger partial charge < -0.3 is 9.84 Å². The second-order valence-corrected chi connectivity index (χ2v) is 5.00. The number of carbonyl (C=O) groups is 1. The molecule has 0 amide bonds. The monoisotopic (exact) mass is 239 g/mol. The number of hydrogen-bond acceptors (Lipinski definition) is 4. The lowest BCUT2D eigenvalue weighted by Crippen LogP contribution is -2.34. The van der Waals surface area contributed by atoms with Crippen molar-refractivity contribution in [2.45, 2.75) is 26.4 Å². The number of sulfonamides is 1. The van der Waals surface area contributed by atoms with Gasteiger partial charge in [-0.3, -0.25) is 4.79 Å². The average Bonchev–Trinajstić information content (AvgIpc) is 2.13. The topological polar surface area (TPSA) is 92.7 Å². The third-order valence-electron chi connectivity index (χ3n) is 1.63. The molecule has 0 aliphatic carbocycles.